The summed E-state index contributed by atoms with van der Waals surface area (Å²) >= 11 is 0. The topological polar surface area (TPSA) is 45.2 Å². The van der Waals surface area contributed by atoms with Gasteiger partial charge >= 0.3 is 0 Å². The molecule has 4 nitrogen and oxygen atoms in total. The zero-order valence-corrected chi connectivity index (χ0v) is 13.4. The lowest BCUT2D eigenvalue weighted by Crippen LogP contribution is -2.30. The van der Waals surface area contributed by atoms with E-state index in [1.165, 1.54) is 5.56 Å². The van der Waals surface area contributed by atoms with Crippen LogP contribution in [-0.2, 0) is 11.2 Å². The van der Waals surface area contributed by atoms with Crippen molar-refractivity contribution in [2.45, 2.75) is 19.3 Å². The van der Waals surface area contributed by atoms with Gasteiger partial charge in [0.25, 0.3) is 0 Å². The van der Waals surface area contributed by atoms with Gasteiger partial charge in [0.05, 0.1) is 0 Å². The lowest BCUT2D eigenvalue weighted by molar-refractivity contribution is -0.130. The van der Waals surface area contributed by atoms with Crippen LogP contribution in [0.1, 0.15) is 18.4 Å². The smallest absolute Gasteiger partial charge is 0.222 e. The molecule has 114 valence electrons. The van der Waals surface area contributed by atoms with Gasteiger partial charge in [0.15, 0.2) is 0 Å². The molecule has 0 aromatic carbocycles. The average molecular weight is 320 g/mol. The number of amides is 1. The van der Waals surface area contributed by atoms with E-state index in [1.54, 1.807) is 12.4 Å². The number of aromatic nitrogens is 1. The van der Waals surface area contributed by atoms with Crippen LogP contribution < -0.4 is 5.32 Å². The molecule has 1 saturated heterocycles. The molecule has 1 aliphatic heterocycles. The molecule has 20 heavy (non-hydrogen) atoms. The predicted molar refractivity (Wildman–Crippen MR) is 85.7 cm³/mol. The first kappa shape index (κ1) is 19.2. The van der Waals surface area contributed by atoms with Crippen molar-refractivity contribution >= 4 is 30.7 Å². The van der Waals surface area contributed by atoms with Gasteiger partial charge in [-0.2, -0.15) is 0 Å². The maximum atomic E-state index is 12.0. The molecule has 1 atom stereocenters. The van der Waals surface area contributed by atoms with Gasteiger partial charge in [-0.25, -0.2) is 0 Å². The minimum Gasteiger partial charge on any atom is -0.345 e. The molecule has 1 aromatic rings. The number of carbonyl (C=O) groups is 1. The SMILES string of the molecule is CN(CCc1ccncc1)C(=O)CC1CCNC1.Cl.Cl. The monoisotopic (exact) mass is 319 g/mol. The van der Waals surface area contributed by atoms with Gasteiger partial charge in [0.1, 0.15) is 0 Å². The third-order valence-electron chi connectivity index (χ3n) is 3.54. The Kier molecular flexibility index (Phi) is 9.55. The molecule has 1 aliphatic rings. The van der Waals surface area contributed by atoms with Crippen LogP contribution in [0.4, 0.5) is 0 Å². The van der Waals surface area contributed by atoms with E-state index >= 15 is 0 Å². The van der Waals surface area contributed by atoms with Crippen LogP contribution in [0.3, 0.4) is 0 Å². The fourth-order valence-corrected chi connectivity index (χ4v) is 2.26. The van der Waals surface area contributed by atoms with Crippen molar-refractivity contribution in [2.24, 2.45) is 5.92 Å². The van der Waals surface area contributed by atoms with Gasteiger partial charge in [0, 0.05) is 32.4 Å². The first-order valence-electron chi connectivity index (χ1n) is 6.59. The minimum absolute atomic E-state index is 0. The Hall–Kier alpha value is -0.840. The summed E-state index contributed by atoms with van der Waals surface area (Å²) in [6.45, 7) is 2.83. The Balaban J connectivity index is 0.00000180. The Morgan fingerprint density at radius 3 is 2.70 bits per heavy atom. The zero-order valence-electron chi connectivity index (χ0n) is 11.7. The van der Waals surface area contributed by atoms with Crippen LogP contribution in [-0.4, -0.2) is 42.5 Å². The summed E-state index contributed by atoms with van der Waals surface area (Å²) in [4.78, 5) is 17.8. The van der Waals surface area contributed by atoms with Gasteiger partial charge in [-0.1, -0.05) is 0 Å². The molecular weight excluding hydrogens is 297 g/mol. The summed E-state index contributed by atoms with van der Waals surface area (Å²) in [5.74, 6) is 0.790. The van der Waals surface area contributed by atoms with Crippen LogP contribution in [0.5, 0.6) is 0 Å². The van der Waals surface area contributed by atoms with Gasteiger partial charge in [-0.15, -0.1) is 24.8 Å². The van der Waals surface area contributed by atoms with Crippen molar-refractivity contribution in [3.05, 3.63) is 30.1 Å². The van der Waals surface area contributed by atoms with Crippen LogP contribution in [0.25, 0.3) is 0 Å². The summed E-state index contributed by atoms with van der Waals surface area (Å²) in [6, 6.07) is 4.00. The van der Waals surface area contributed by atoms with E-state index in [0.29, 0.717) is 12.3 Å². The Bertz CT molecular complexity index is 383. The number of pyridine rings is 1. The molecule has 1 aromatic heterocycles. The lowest BCUT2D eigenvalue weighted by atomic mass is 10.0. The molecule has 2 rings (SSSR count). The molecule has 1 N–H and O–H groups in total. The molecule has 0 bridgehead atoms. The van der Waals surface area contributed by atoms with Crippen LogP contribution in [0.2, 0.25) is 0 Å². The maximum absolute atomic E-state index is 12.0. The number of halogens is 2. The molecular formula is C14H23Cl2N3O. The number of hydrogen-bond donors (Lipinski definition) is 1. The van der Waals surface area contributed by atoms with E-state index in [1.807, 2.05) is 24.1 Å². The quantitative estimate of drug-likeness (QED) is 0.902. The third-order valence-corrected chi connectivity index (χ3v) is 3.54. The highest BCUT2D eigenvalue weighted by atomic mass is 35.5. The Morgan fingerprint density at radius 1 is 1.40 bits per heavy atom. The molecule has 1 unspecified atom stereocenters. The number of nitrogens with zero attached hydrogens (tertiary/aromatic N) is 2. The predicted octanol–water partition coefficient (Wildman–Crippen LogP) is 1.93. The largest absolute Gasteiger partial charge is 0.345 e. The maximum Gasteiger partial charge on any atom is 0.222 e. The molecule has 0 aliphatic carbocycles. The average Bonchev–Trinajstić information content (AvgIpc) is 2.90. The van der Waals surface area contributed by atoms with Crippen molar-refractivity contribution < 1.29 is 4.79 Å². The van der Waals surface area contributed by atoms with E-state index in [4.69, 9.17) is 0 Å². The van der Waals surface area contributed by atoms with E-state index in [9.17, 15) is 4.79 Å². The third kappa shape index (κ3) is 6.07. The summed E-state index contributed by atoms with van der Waals surface area (Å²) in [7, 11) is 1.89. The first-order valence-corrected chi connectivity index (χ1v) is 6.59. The molecule has 1 fully saturated rings. The summed E-state index contributed by atoms with van der Waals surface area (Å²) in [6.07, 6.45) is 6.29. The second-order valence-corrected chi connectivity index (χ2v) is 4.98. The number of carbonyl (C=O) groups excluding carboxylic acids is 1. The summed E-state index contributed by atoms with van der Waals surface area (Å²) in [5.41, 5.74) is 1.23. The number of nitrogens with one attached hydrogen (secondary N) is 1. The van der Waals surface area contributed by atoms with Gasteiger partial charge in [-0.05, 0) is 49.5 Å². The second-order valence-electron chi connectivity index (χ2n) is 4.98. The highest BCUT2D eigenvalue weighted by Gasteiger charge is 2.19. The van der Waals surface area contributed by atoms with Crippen LogP contribution in [0.15, 0.2) is 24.5 Å². The Labute approximate surface area is 133 Å². The van der Waals surface area contributed by atoms with Crippen molar-refractivity contribution in [1.82, 2.24) is 15.2 Å². The fourth-order valence-electron chi connectivity index (χ4n) is 2.26. The van der Waals surface area contributed by atoms with Crippen LogP contribution >= 0.6 is 24.8 Å². The van der Waals surface area contributed by atoms with Gasteiger partial charge < -0.3 is 10.2 Å². The van der Waals surface area contributed by atoms with E-state index < -0.39 is 0 Å². The molecule has 0 spiro atoms. The van der Waals surface area contributed by atoms with E-state index in [0.717, 1.165) is 32.5 Å². The summed E-state index contributed by atoms with van der Waals surface area (Å²) < 4.78 is 0. The van der Waals surface area contributed by atoms with Crippen molar-refractivity contribution in [1.29, 1.82) is 0 Å². The van der Waals surface area contributed by atoms with E-state index in [2.05, 4.69) is 10.3 Å². The highest BCUT2D eigenvalue weighted by Crippen LogP contribution is 2.13. The minimum atomic E-state index is 0. The van der Waals surface area contributed by atoms with Gasteiger partial charge in [-0.3, -0.25) is 9.78 Å². The first-order chi connectivity index (χ1) is 8.75. The summed E-state index contributed by atoms with van der Waals surface area (Å²) in [5, 5.41) is 3.30. The Morgan fingerprint density at radius 2 is 2.10 bits per heavy atom. The number of rotatable bonds is 5. The fraction of sp³-hybridized carbons (Fsp3) is 0.571. The van der Waals surface area contributed by atoms with E-state index in [-0.39, 0.29) is 30.7 Å². The number of likely N-dealkylation sites (N-methyl/N-ethyl adjacent to an activating group) is 1. The number of hydrogen-bond acceptors (Lipinski definition) is 3. The molecule has 6 heteroatoms. The zero-order chi connectivity index (χ0) is 12.8. The molecule has 0 radical (unpaired) electrons. The normalized spacial score (nSPS) is 16.9. The van der Waals surface area contributed by atoms with Crippen molar-refractivity contribution in [2.75, 3.05) is 26.7 Å². The second kappa shape index (κ2) is 9.97. The highest BCUT2D eigenvalue weighted by molar-refractivity contribution is 5.85. The van der Waals surface area contributed by atoms with Crippen molar-refractivity contribution in [3.8, 4) is 0 Å². The molecule has 0 saturated carbocycles. The van der Waals surface area contributed by atoms with Crippen molar-refractivity contribution in [3.63, 3.8) is 0 Å². The van der Waals surface area contributed by atoms with Gasteiger partial charge in [0.2, 0.25) is 5.91 Å². The standard InChI is InChI=1S/C14H21N3O.2ClH/c1-17(9-5-12-2-6-15-7-3-12)14(18)10-13-4-8-16-11-13;;/h2-3,6-7,13,16H,4-5,8-11H2,1H3;2*1H. The lowest BCUT2D eigenvalue weighted by Gasteiger charge is -2.19. The molecule has 1 amide bonds. The molecule has 2 heterocycles. The van der Waals surface area contributed by atoms with Crippen LogP contribution in [0, 0.1) is 5.92 Å².